The van der Waals surface area contributed by atoms with Gasteiger partial charge in [0, 0.05) is 6.42 Å². The van der Waals surface area contributed by atoms with Crippen molar-refractivity contribution in [1.29, 1.82) is 0 Å². The zero-order valence-electron chi connectivity index (χ0n) is 12.9. The average Bonchev–Trinajstić information content (AvgIpc) is 2.49. The molecule has 0 saturated carbocycles. The van der Waals surface area contributed by atoms with Crippen LogP contribution in [0.15, 0.2) is 36.4 Å². The number of benzene rings is 2. The standard InChI is InChI=1S/C18H18O4/c1-11-6-4-8-13-10-14-9-5-7-12(2)16(14)22-18(17(19)20-3)21-15(11)13/h4-9,18H,10H2,1-3H3. The van der Waals surface area contributed by atoms with Crippen molar-refractivity contribution in [3.05, 3.63) is 58.7 Å². The van der Waals surface area contributed by atoms with Gasteiger partial charge in [-0.3, -0.25) is 0 Å². The summed E-state index contributed by atoms with van der Waals surface area (Å²) < 4.78 is 16.5. The quantitative estimate of drug-likeness (QED) is 0.759. The van der Waals surface area contributed by atoms with Crippen molar-refractivity contribution in [2.75, 3.05) is 7.11 Å². The van der Waals surface area contributed by atoms with Crippen molar-refractivity contribution in [1.82, 2.24) is 0 Å². The molecular formula is C18H18O4. The SMILES string of the molecule is COC(=O)C1Oc2c(C)cccc2Cc2cccc(C)c2O1. The predicted molar refractivity (Wildman–Crippen MR) is 82.2 cm³/mol. The largest absolute Gasteiger partial charge is 0.463 e. The Bertz CT molecular complexity index is 668. The van der Waals surface area contributed by atoms with Crippen LogP contribution in [-0.2, 0) is 16.0 Å². The Labute approximate surface area is 129 Å². The second kappa shape index (κ2) is 5.72. The van der Waals surface area contributed by atoms with Crippen molar-refractivity contribution in [3.8, 4) is 11.5 Å². The lowest BCUT2D eigenvalue weighted by Crippen LogP contribution is -2.36. The highest BCUT2D eigenvalue weighted by Crippen LogP contribution is 2.34. The van der Waals surface area contributed by atoms with Crippen molar-refractivity contribution < 1.29 is 19.0 Å². The summed E-state index contributed by atoms with van der Waals surface area (Å²) in [5.74, 6) is 0.820. The number of esters is 1. The molecule has 1 aliphatic heterocycles. The molecular weight excluding hydrogens is 280 g/mol. The summed E-state index contributed by atoms with van der Waals surface area (Å²) in [7, 11) is 1.32. The summed E-state index contributed by atoms with van der Waals surface area (Å²) in [5.41, 5.74) is 3.99. The average molecular weight is 298 g/mol. The number of ether oxygens (including phenoxy) is 3. The fourth-order valence-corrected chi connectivity index (χ4v) is 2.68. The fraction of sp³-hybridized carbons (Fsp3) is 0.278. The normalized spacial score (nSPS) is 13.8. The maximum absolute atomic E-state index is 12.0. The van der Waals surface area contributed by atoms with Crippen LogP contribution < -0.4 is 9.47 Å². The van der Waals surface area contributed by atoms with E-state index in [4.69, 9.17) is 14.2 Å². The summed E-state index contributed by atoms with van der Waals surface area (Å²) in [6.45, 7) is 3.90. The monoisotopic (exact) mass is 298 g/mol. The van der Waals surface area contributed by atoms with Crippen molar-refractivity contribution in [3.63, 3.8) is 0 Å². The van der Waals surface area contributed by atoms with Crippen LogP contribution in [0.3, 0.4) is 0 Å². The molecule has 0 atom stereocenters. The molecule has 1 aliphatic rings. The Kier molecular flexibility index (Phi) is 3.75. The third-order valence-electron chi connectivity index (χ3n) is 3.81. The summed E-state index contributed by atoms with van der Waals surface area (Å²) in [5, 5.41) is 0. The summed E-state index contributed by atoms with van der Waals surface area (Å²) >= 11 is 0. The Balaban J connectivity index is 2.15. The van der Waals surface area contributed by atoms with E-state index in [1.807, 2.05) is 50.2 Å². The molecule has 0 radical (unpaired) electrons. The highest BCUT2D eigenvalue weighted by molar-refractivity contribution is 5.74. The topological polar surface area (TPSA) is 44.8 Å². The first-order valence-electron chi connectivity index (χ1n) is 7.18. The molecule has 4 heteroatoms. The van der Waals surface area contributed by atoms with E-state index in [9.17, 15) is 4.79 Å². The Morgan fingerprint density at radius 2 is 1.50 bits per heavy atom. The van der Waals surface area contributed by atoms with Crippen LogP contribution >= 0.6 is 0 Å². The number of rotatable bonds is 1. The summed E-state index contributed by atoms with van der Waals surface area (Å²) in [6.07, 6.45) is -0.410. The van der Waals surface area contributed by atoms with Crippen LogP contribution in [0, 0.1) is 13.8 Å². The molecule has 0 saturated heterocycles. The molecule has 0 bridgehead atoms. The zero-order valence-corrected chi connectivity index (χ0v) is 12.9. The Morgan fingerprint density at radius 3 is 1.95 bits per heavy atom. The molecule has 1 heterocycles. The highest BCUT2D eigenvalue weighted by atomic mass is 16.7. The first kappa shape index (κ1) is 14.4. The lowest BCUT2D eigenvalue weighted by Gasteiger charge is -2.26. The van der Waals surface area contributed by atoms with Gasteiger partial charge in [-0.1, -0.05) is 36.4 Å². The van der Waals surface area contributed by atoms with Gasteiger partial charge < -0.3 is 14.2 Å². The molecule has 3 rings (SSSR count). The van der Waals surface area contributed by atoms with Crippen LogP contribution in [0.2, 0.25) is 0 Å². The number of carbonyl (C=O) groups is 1. The summed E-state index contributed by atoms with van der Waals surface area (Å²) in [6, 6.07) is 11.9. The van der Waals surface area contributed by atoms with Gasteiger partial charge in [-0.25, -0.2) is 4.79 Å². The van der Waals surface area contributed by atoms with Gasteiger partial charge in [0.25, 0.3) is 0 Å². The van der Waals surface area contributed by atoms with Gasteiger partial charge in [0.1, 0.15) is 11.5 Å². The van der Waals surface area contributed by atoms with Crippen LogP contribution in [0.4, 0.5) is 0 Å². The molecule has 2 aromatic rings. The van der Waals surface area contributed by atoms with Crippen molar-refractivity contribution in [2.45, 2.75) is 26.6 Å². The fourth-order valence-electron chi connectivity index (χ4n) is 2.68. The van der Waals surface area contributed by atoms with E-state index in [1.165, 1.54) is 7.11 Å². The van der Waals surface area contributed by atoms with Crippen molar-refractivity contribution >= 4 is 5.97 Å². The number of methoxy groups -OCH3 is 1. The molecule has 4 nitrogen and oxygen atoms in total. The molecule has 0 unspecified atom stereocenters. The zero-order chi connectivity index (χ0) is 15.7. The number of aryl methyl sites for hydroxylation is 2. The minimum atomic E-state index is -1.11. The molecule has 22 heavy (non-hydrogen) atoms. The molecule has 0 fully saturated rings. The van der Waals surface area contributed by atoms with Gasteiger partial charge in [0.15, 0.2) is 0 Å². The number of hydrogen-bond acceptors (Lipinski definition) is 4. The Hall–Kier alpha value is -2.49. The van der Waals surface area contributed by atoms with E-state index in [0.717, 1.165) is 22.3 Å². The van der Waals surface area contributed by atoms with Gasteiger partial charge in [-0.15, -0.1) is 0 Å². The van der Waals surface area contributed by atoms with Gasteiger partial charge in [0.2, 0.25) is 0 Å². The van der Waals surface area contributed by atoms with Crippen LogP contribution in [0.1, 0.15) is 22.3 Å². The lowest BCUT2D eigenvalue weighted by molar-refractivity contribution is -0.162. The van der Waals surface area contributed by atoms with Gasteiger partial charge in [0.05, 0.1) is 7.11 Å². The van der Waals surface area contributed by atoms with Gasteiger partial charge in [-0.2, -0.15) is 0 Å². The van der Waals surface area contributed by atoms with E-state index in [-0.39, 0.29) is 0 Å². The minimum Gasteiger partial charge on any atom is -0.463 e. The van der Waals surface area contributed by atoms with Gasteiger partial charge in [-0.05, 0) is 36.1 Å². The third kappa shape index (κ3) is 2.52. The summed E-state index contributed by atoms with van der Waals surface area (Å²) in [4.78, 5) is 12.0. The molecule has 0 N–H and O–H groups in total. The van der Waals surface area contributed by atoms with E-state index >= 15 is 0 Å². The maximum atomic E-state index is 12.0. The van der Waals surface area contributed by atoms with Crippen molar-refractivity contribution in [2.24, 2.45) is 0 Å². The van der Waals surface area contributed by atoms with E-state index in [0.29, 0.717) is 17.9 Å². The highest BCUT2D eigenvalue weighted by Gasteiger charge is 2.29. The van der Waals surface area contributed by atoms with Gasteiger partial charge >= 0.3 is 12.3 Å². The van der Waals surface area contributed by atoms with Crippen LogP contribution in [0.5, 0.6) is 11.5 Å². The number of para-hydroxylation sites is 2. The minimum absolute atomic E-state index is 0.551. The van der Waals surface area contributed by atoms with Crippen LogP contribution in [-0.4, -0.2) is 19.4 Å². The Morgan fingerprint density at radius 1 is 1.00 bits per heavy atom. The number of carbonyl (C=O) groups excluding carboxylic acids is 1. The molecule has 0 amide bonds. The second-order valence-corrected chi connectivity index (χ2v) is 5.39. The molecule has 0 aliphatic carbocycles. The van der Waals surface area contributed by atoms with E-state index in [1.54, 1.807) is 0 Å². The second-order valence-electron chi connectivity index (χ2n) is 5.39. The predicted octanol–water partition coefficient (Wildman–Crippen LogP) is 3.16. The van der Waals surface area contributed by atoms with E-state index < -0.39 is 12.3 Å². The molecule has 114 valence electrons. The maximum Gasteiger partial charge on any atom is 0.389 e. The number of hydrogen-bond donors (Lipinski definition) is 0. The smallest absolute Gasteiger partial charge is 0.389 e. The third-order valence-corrected chi connectivity index (χ3v) is 3.81. The lowest BCUT2D eigenvalue weighted by atomic mass is 9.99. The van der Waals surface area contributed by atoms with E-state index in [2.05, 4.69) is 0 Å². The molecule has 0 spiro atoms. The number of fused-ring (bicyclic) bond motifs is 2. The molecule has 2 aromatic carbocycles. The molecule has 0 aromatic heterocycles. The van der Waals surface area contributed by atoms with Crippen LogP contribution in [0.25, 0.3) is 0 Å². The first-order valence-corrected chi connectivity index (χ1v) is 7.18. The first-order chi connectivity index (χ1) is 10.6.